The Morgan fingerprint density at radius 2 is 1.72 bits per heavy atom. The summed E-state index contributed by atoms with van der Waals surface area (Å²) in [7, 11) is 1.98. The maximum Gasteiger partial charge on any atom is 0.225 e. The predicted octanol–water partition coefficient (Wildman–Crippen LogP) is 1.93. The third-order valence-corrected chi connectivity index (χ3v) is 2.78. The van der Waals surface area contributed by atoms with Gasteiger partial charge in [-0.2, -0.15) is 0 Å². The molecule has 0 unspecified atom stereocenters. The van der Waals surface area contributed by atoms with Crippen molar-refractivity contribution in [1.29, 1.82) is 0 Å². The van der Waals surface area contributed by atoms with Gasteiger partial charge >= 0.3 is 0 Å². The van der Waals surface area contributed by atoms with Crippen LogP contribution in [0.25, 0.3) is 11.1 Å². The summed E-state index contributed by atoms with van der Waals surface area (Å²) in [5.41, 5.74) is 7.65. The smallest absolute Gasteiger partial charge is 0.225 e. The van der Waals surface area contributed by atoms with Gasteiger partial charge in [-0.25, -0.2) is 9.97 Å². The number of rotatable bonds is 5. The fourth-order valence-electron chi connectivity index (χ4n) is 1.73. The van der Waals surface area contributed by atoms with E-state index >= 15 is 0 Å². The molecule has 2 aromatic rings. The summed E-state index contributed by atoms with van der Waals surface area (Å²) in [5, 5.41) is 0. The fraction of sp³-hybridized carbons (Fsp3) is 0.286. The molecule has 1 heterocycles. The first-order valence-electron chi connectivity index (χ1n) is 6.10. The molecule has 1 aromatic carbocycles. The molecule has 0 aliphatic heterocycles. The van der Waals surface area contributed by atoms with Crippen LogP contribution in [0.3, 0.4) is 0 Å². The van der Waals surface area contributed by atoms with Crippen molar-refractivity contribution in [3.8, 4) is 11.1 Å². The number of hydrogen-bond donors (Lipinski definition) is 1. The minimum Gasteiger partial charge on any atom is -0.344 e. The van der Waals surface area contributed by atoms with Crippen LogP contribution < -0.4 is 10.6 Å². The van der Waals surface area contributed by atoms with E-state index in [1.165, 1.54) is 0 Å². The molecule has 0 aliphatic carbocycles. The summed E-state index contributed by atoms with van der Waals surface area (Å²) >= 11 is 0. The van der Waals surface area contributed by atoms with E-state index in [0.29, 0.717) is 6.54 Å². The molecule has 0 saturated carbocycles. The van der Waals surface area contributed by atoms with Crippen LogP contribution in [0.4, 0.5) is 5.95 Å². The summed E-state index contributed by atoms with van der Waals surface area (Å²) in [6.07, 6.45) is 4.66. The topological polar surface area (TPSA) is 55.0 Å². The van der Waals surface area contributed by atoms with Gasteiger partial charge in [0.2, 0.25) is 5.95 Å². The Bertz CT molecular complexity index is 467. The van der Waals surface area contributed by atoms with E-state index in [2.05, 4.69) is 22.1 Å². The highest BCUT2D eigenvalue weighted by Crippen LogP contribution is 2.17. The molecule has 94 valence electrons. The maximum absolute atomic E-state index is 5.49. The van der Waals surface area contributed by atoms with Gasteiger partial charge in [0.15, 0.2) is 0 Å². The molecule has 0 amide bonds. The molecule has 0 radical (unpaired) electrons. The minimum absolute atomic E-state index is 0.687. The molecule has 4 heteroatoms. The van der Waals surface area contributed by atoms with E-state index in [-0.39, 0.29) is 0 Å². The zero-order chi connectivity index (χ0) is 12.8. The summed E-state index contributed by atoms with van der Waals surface area (Å²) in [4.78, 5) is 10.8. The molecule has 0 fully saturated rings. The Morgan fingerprint density at radius 1 is 1.06 bits per heavy atom. The summed E-state index contributed by atoms with van der Waals surface area (Å²) < 4.78 is 0. The normalized spacial score (nSPS) is 10.3. The van der Waals surface area contributed by atoms with E-state index in [4.69, 9.17) is 5.73 Å². The van der Waals surface area contributed by atoms with Gasteiger partial charge in [0.25, 0.3) is 0 Å². The predicted molar refractivity (Wildman–Crippen MR) is 74.4 cm³/mol. The van der Waals surface area contributed by atoms with Gasteiger partial charge in [-0.05, 0) is 18.5 Å². The number of nitrogens with zero attached hydrogens (tertiary/aromatic N) is 3. The average Bonchev–Trinajstić information content (AvgIpc) is 2.46. The van der Waals surface area contributed by atoms with Gasteiger partial charge in [-0.15, -0.1) is 0 Å². The van der Waals surface area contributed by atoms with Gasteiger partial charge < -0.3 is 10.6 Å². The van der Waals surface area contributed by atoms with E-state index in [1.807, 2.05) is 42.5 Å². The van der Waals surface area contributed by atoms with Crippen LogP contribution in [0.15, 0.2) is 42.7 Å². The van der Waals surface area contributed by atoms with Crippen LogP contribution in [-0.2, 0) is 0 Å². The van der Waals surface area contributed by atoms with Gasteiger partial charge in [0.05, 0.1) is 0 Å². The Morgan fingerprint density at radius 3 is 2.33 bits per heavy atom. The lowest BCUT2D eigenvalue weighted by Gasteiger charge is -2.16. The van der Waals surface area contributed by atoms with Gasteiger partial charge in [-0.3, -0.25) is 0 Å². The summed E-state index contributed by atoms with van der Waals surface area (Å²) in [6, 6.07) is 10.1. The number of aromatic nitrogens is 2. The first-order valence-corrected chi connectivity index (χ1v) is 6.10. The Balaban J connectivity index is 2.10. The molecule has 4 nitrogen and oxygen atoms in total. The molecule has 0 saturated heterocycles. The molecule has 0 bridgehead atoms. The largest absolute Gasteiger partial charge is 0.344 e. The molecule has 1 aromatic heterocycles. The molecular formula is C14H18N4. The van der Waals surface area contributed by atoms with Crippen molar-refractivity contribution in [3.05, 3.63) is 42.7 Å². The van der Waals surface area contributed by atoms with Crippen molar-refractivity contribution >= 4 is 5.95 Å². The molecule has 2 N–H and O–H groups in total. The fourth-order valence-corrected chi connectivity index (χ4v) is 1.73. The SMILES string of the molecule is CN(CCCN)c1ncc(-c2ccccc2)cn1. The van der Waals surface area contributed by atoms with Crippen molar-refractivity contribution in [2.45, 2.75) is 6.42 Å². The number of nitrogens with two attached hydrogens (primary N) is 1. The zero-order valence-corrected chi connectivity index (χ0v) is 10.6. The molecule has 2 rings (SSSR count). The quantitative estimate of drug-likeness (QED) is 0.870. The standard InChI is InChI=1S/C14H18N4/c1-18(9-5-8-15)14-16-10-13(11-17-14)12-6-3-2-4-7-12/h2-4,6-7,10-11H,5,8-9,15H2,1H3. The Hall–Kier alpha value is -1.94. The molecular weight excluding hydrogens is 224 g/mol. The number of hydrogen-bond acceptors (Lipinski definition) is 4. The monoisotopic (exact) mass is 242 g/mol. The van der Waals surface area contributed by atoms with Crippen LogP contribution in [-0.4, -0.2) is 30.1 Å². The first-order chi connectivity index (χ1) is 8.81. The van der Waals surface area contributed by atoms with E-state index in [1.54, 1.807) is 0 Å². The third-order valence-electron chi connectivity index (χ3n) is 2.78. The first kappa shape index (κ1) is 12.5. The van der Waals surface area contributed by atoms with Crippen molar-refractivity contribution in [2.75, 3.05) is 25.0 Å². The lowest BCUT2D eigenvalue weighted by Crippen LogP contribution is -2.22. The highest BCUT2D eigenvalue weighted by atomic mass is 15.2. The molecule has 0 aliphatic rings. The second kappa shape index (κ2) is 6.12. The highest BCUT2D eigenvalue weighted by Gasteiger charge is 2.04. The second-order valence-corrected chi connectivity index (χ2v) is 4.20. The third kappa shape index (κ3) is 3.05. The van der Waals surface area contributed by atoms with Gasteiger partial charge in [0.1, 0.15) is 0 Å². The lowest BCUT2D eigenvalue weighted by atomic mass is 10.1. The van der Waals surface area contributed by atoms with E-state index in [9.17, 15) is 0 Å². The van der Waals surface area contributed by atoms with Crippen molar-refractivity contribution < 1.29 is 0 Å². The Kier molecular flexibility index (Phi) is 4.25. The molecule has 0 spiro atoms. The van der Waals surface area contributed by atoms with Crippen molar-refractivity contribution in [2.24, 2.45) is 5.73 Å². The second-order valence-electron chi connectivity index (χ2n) is 4.20. The van der Waals surface area contributed by atoms with Crippen molar-refractivity contribution in [3.63, 3.8) is 0 Å². The summed E-state index contributed by atoms with van der Waals surface area (Å²) in [5.74, 6) is 0.739. The average molecular weight is 242 g/mol. The van der Waals surface area contributed by atoms with Gasteiger partial charge in [-0.1, -0.05) is 30.3 Å². The maximum atomic E-state index is 5.49. The van der Waals surface area contributed by atoms with Crippen LogP contribution >= 0.6 is 0 Å². The van der Waals surface area contributed by atoms with E-state index < -0.39 is 0 Å². The zero-order valence-electron chi connectivity index (χ0n) is 10.6. The molecule has 0 atom stereocenters. The van der Waals surface area contributed by atoms with Crippen LogP contribution in [0.5, 0.6) is 0 Å². The highest BCUT2D eigenvalue weighted by molar-refractivity contribution is 5.61. The lowest BCUT2D eigenvalue weighted by molar-refractivity contribution is 0.775. The minimum atomic E-state index is 0.687. The van der Waals surface area contributed by atoms with Crippen molar-refractivity contribution in [1.82, 2.24) is 9.97 Å². The number of anilines is 1. The summed E-state index contributed by atoms with van der Waals surface area (Å²) in [6.45, 7) is 1.56. The molecule has 18 heavy (non-hydrogen) atoms. The number of benzene rings is 1. The Labute approximate surface area is 107 Å². The van der Waals surface area contributed by atoms with Gasteiger partial charge in [0, 0.05) is 31.5 Å². The van der Waals surface area contributed by atoms with Crippen LogP contribution in [0.2, 0.25) is 0 Å². The van der Waals surface area contributed by atoms with Crippen LogP contribution in [0.1, 0.15) is 6.42 Å². The van der Waals surface area contributed by atoms with E-state index in [0.717, 1.165) is 30.0 Å². The van der Waals surface area contributed by atoms with Crippen LogP contribution in [0, 0.1) is 0 Å².